The van der Waals surface area contributed by atoms with Gasteiger partial charge in [0.1, 0.15) is 6.10 Å². The Morgan fingerprint density at radius 3 is 2.86 bits per heavy atom. The molecule has 0 spiro atoms. The number of nitrogens with zero attached hydrogens (tertiary/aromatic N) is 2. The van der Waals surface area contributed by atoms with Gasteiger partial charge in [0, 0.05) is 12.5 Å². The zero-order chi connectivity index (χ0) is 15.6. The Balaban J connectivity index is 1.62. The molecule has 2 aliphatic rings. The first-order chi connectivity index (χ1) is 10.5. The summed E-state index contributed by atoms with van der Waals surface area (Å²) < 4.78 is 11.9. The number of rotatable bonds is 4. The summed E-state index contributed by atoms with van der Waals surface area (Å²) in [6, 6.07) is 0.295. The van der Waals surface area contributed by atoms with Crippen LogP contribution in [0.1, 0.15) is 39.0 Å². The Bertz CT molecular complexity index is 511. The highest BCUT2D eigenvalue weighted by molar-refractivity contribution is 9.10. The largest absolute Gasteiger partial charge is 0.471 e. The van der Waals surface area contributed by atoms with Crippen molar-refractivity contribution in [1.82, 2.24) is 9.97 Å². The predicted octanol–water partition coefficient (Wildman–Crippen LogP) is 2.51. The molecule has 0 aromatic carbocycles. The van der Waals surface area contributed by atoms with E-state index in [1.165, 1.54) is 0 Å². The summed E-state index contributed by atoms with van der Waals surface area (Å²) in [7, 11) is 0. The Morgan fingerprint density at radius 1 is 1.41 bits per heavy atom. The molecule has 0 amide bonds. The van der Waals surface area contributed by atoms with Gasteiger partial charge in [-0.15, -0.1) is 0 Å². The van der Waals surface area contributed by atoms with Gasteiger partial charge >= 0.3 is 0 Å². The molecule has 3 rings (SSSR count). The maximum Gasteiger partial charge on any atom is 0.233 e. The average molecular weight is 372 g/mol. The minimum absolute atomic E-state index is 0.0591. The summed E-state index contributed by atoms with van der Waals surface area (Å²) in [5.74, 6) is 1.12. The fraction of sp³-hybridized carbons (Fsp3) is 0.733. The van der Waals surface area contributed by atoms with Crippen LogP contribution in [0.15, 0.2) is 10.7 Å². The molecule has 2 fully saturated rings. The van der Waals surface area contributed by atoms with Gasteiger partial charge in [0.2, 0.25) is 11.8 Å². The Labute approximate surface area is 138 Å². The number of halogens is 1. The van der Waals surface area contributed by atoms with Crippen molar-refractivity contribution >= 4 is 21.9 Å². The van der Waals surface area contributed by atoms with Crippen molar-refractivity contribution in [3.8, 4) is 5.88 Å². The minimum atomic E-state index is -0.532. The molecule has 1 aliphatic carbocycles. The summed E-state index contributed by atoms with van der Waals surface area (Å²) in [5.41, 5.74) is -0.532. The lowest BCUT2D eigenvalue weighted by Crippen LogP contribution is -2.36. The Kier molecular flexibility index (Phi) is 4.84. The van der Waals surface area contributed by atoms with Crippen LogP contribution in [0.3, 0.4) is 0 Å². The van der Waals surface area contributed by atoms with Crippen molar-refractivity contribution in [2.24, 2.45) is 0 Å². The summed E-state index contributed by atoms with van der Waals surface area (Å²) in [4.78, 5) is 8.76. The van der Waals surface area contributed by atoms with Gasteiger partial charge in [0.05, 0.1) is 29.5 Å². The van der Waals surface area contributed by atoms with Gasteiger partial charge in [0.15, 0.2) is 0 Å². The van der Waals surface area contributed by atoms with E-state index in [2.05, 4.69) is 31.2 Å². The molecule has 7 heteroatoms. The van der Waals surface area contributed by atoms with Gasteiger partial charge in [-0.25, -0.2) is 4.98 Å². The molecule has 1 saturated heterocycles. The predicted molar refractivity (Wildman–Crippen MR) is 86.1 cm³/mol. The van der Waals surface area contributed by atoms with Crippen LogP contribution in [0.5, 0.6) is 5.88 Å². The molecule has 1 aliphatic heterocycles. The quantitative estimate of drug-likeness (QED) is 0.846. The molecule has 122 valence electrons. The first-order valence-corrected chi connectivity index (χ1v) is 8.57. The van der Waals surface area contributed by atoms with Crippen LogP contribution in [-0.2, 0) is 4.74 Å². The molecule has 1 aromatic rings. The van der Waals surface area contributed by atoms with Crippen LogP contribution in [0.4, 0.5) is 5.95 Å². The van der Waals surface area contributed by atoms with Gasteiger partial charge in [-0.1, -0.05) is 0 Å². The number of aromatic nitrogens is 2. The summed E-state index contributed by atoms with van der Waals surface area (Å²) in [6.07, 6.45) is 6.08. The van der Waals surface area contributed by atoms with E-state index in [1.807, 2.05) is 6.92 Å². The standard InChI is InChI=1S/C15H22BrN3O3/c1-15(20)5-2-10(3-6-15)18-14-17-8-12(16)13(19-14)22-11-4-7-21-9-11/h8,10-11,20H,2-7,9H2,1H3,(H,17,18,19)/t10?,11-,15?/m1/s1. The fourth-order valence-electron chi connectivity index (χ4n) is 2.83. The van der Waals surface area contributed by atoms with Gasteiger partial charge in [-0.05, 0) is 48.5 Å². The second-order valence-electron chi connectivity index (χ2n) is 6.37. The lowest BCUT2D eigenvalue weighted by Gasteiger charge is -2.33. The fourth-order valence-corrected chi connectivity index (χ4v) is 3.12. The molecule has 6 nitrogen and oxygen atoms in total. The SMILES string of the molecule is CC1(O)CCC(Nc2ncc(Br)c(O[C@@H]3CCOC3)n2)CC1. The average Bonchev–Trinajstić information content (AvgIpc) is 2.98. The first kappa shape index (κ1) is 16.0. The van der Waals surface area contributed by atoms with E-state index in [-0.39, 0.29) is 6.10 Å². The van der Waals surface area contributed by atoms with Gasteiger partial charge < -0.3 is 19.9 Å². The van der Waals surface area contributed by atoms with Crippen molar-refractivity contribution in [2.75, 3.05) is 18.5 Å². The molecule has 0 unspecified atom stereocenters. The number of anilines is 1. The van der Waals surface area contributed by atoms with Crippen molar-refractivity contribution in [3.05, 3.63) is 10.7 Å². The molecular formula is C15H22BrN3O3. The van der Waals surface area contributed by atoms with E-state index in [9.17, 15) is 5.11 Å². The van der Waals surface area contributed by atoms with Crippen molar-refractivity contribution in [2.45, 2.75) is 56.8 Å². The summed E-state index contributed by atoms with van der Waals surface area (Å²) in [6.45, 7) is 3.24. The number of hydrogen-bond acceptors (Lipinski definition) is 6. The second-order valence-corrected chi connectivity index (χ2v) is 7.22. The number of nitrogens with one attached hydrogen (secondary N) is 1. The Morgan fingerprint density at radius 2 is 2.18 bits per heavy atom. The van der Waals surface area contributed by atoms with Gasteiger partial charge in [-0.3, -0.25) is 0 Å². The zero-order valence-electron chi connectivity index (χ0n) is 12.7. The monoisotopic (exact) mass is 371 g/mol. The highest BCUT2D eigenvalue weighted by Gasteiger charge is 2.29. The third-order valence-electron chi connectivity index (χ3n) is 4.27. The van der Waals surface area contributed by atoms with Crippen LogP contribution in [0.2, 0.25) is 0 Å². The smallest absolute Gasteiger partial charge is 0.233 e. The number of hydrogen-bond donors (Lipinski definition) is 2. The first-order valence-electron chi connectivity index (χ1n) is 7.78. The summed E-state index contributed by atoms with van der Waals surface area (Å²) in [5, 5.41) is 13.3. The van der Waals surface area contributed by atoms with E-state index in [1.54, 1.807) is 6.20 Å². The molecular weight excluding hydrogens is 350 g/mol. The normalized spacial score (nSPS) is 32.0. The maximum atomic E-state index is 10.0. The summed E-state index contributed by atoms with van der Waals surface area (Å²) >= 11 is 3.43. The zero-order valence-corrected chi connectivity index (χ0v) is 14.3. The molecule has 2 heterocycles. The van der Waals surface area contributed by atoms with E-state index >= 15 is 0 Å². The molecule has 1 saturated carbocycles. The highest BCUT2D eigenvalue weighted by atomic mass is 79.9. The highest BCUT2D eigenvalue weighted by Crippen LogP contribution is 2.30. The third kappa shape index (κ3) is 4.08. The van der Waals surface area contributed by atoms with Crippen molar-refractivity contribution in [3.63, 3.8) is 0 Å². The molecule has 1 atom stereocenters. The molecule has 22 heavy (non-hydrogen) atoms. The van der Waals surface area contributed by atoms with Crippen LogP contribution in [-0.4, -0.2) is 46.0 Å². The van der Waals surface area contributed by atoms with Gasteiger partial charge in [0.25, 0.3) is 0 Å². The minimum Gasteiger partial charge on any atom is -0.471 e. The molecule has 1 aromatic heterocycles. The van der Waals surface area contributed by atoms with E-state index < -0.39 is 5.60 Å². The Hall–Kier alpha value is -0.920. The van der Waals surface area contributed by atoms with Crippen LogP contribution in [0.25, 0.3) is 0 Å². The van der Waals surface area contributed by atoms with E-state index in [4.69, 9.17) is 9.47 Å². The maximum absolute atomic E-state index is 10.0. The van der Waals surface area contributed by atoms with E-state index in [0.717, 1.165) is 43.2 Å². The van der Waals surface area contributed by atoms with Crippen molar-refractivity contribution < 1.29 is 14.6 Å². The lowest BCUT2D eigenvalue weighted by molar-refractivity contribution is 0.0195. The molecule has 2 N–H and O–H groups in total. The number of ether oxygens (including phenoxy) is 2. The van der Waals surface area contributed by atoms with Crippen LogP contribution in [0, 0.1) is 0 Å². The van der Waals surface area contributed by atoms with Crippen LogP contribution >= 0.6 is 15.9 Å². The second kappa shape index (κ2) is 6.68. The van der Waals surface area contributed by atoms with Crippen molar-refractivity contribution in [1.29, 1.82) is 0 Å². The van der Waals surface area contributed by atoms with E-state index in [0.29, 0.717) is 24.5 Å². The third-order valence-corrected chi connectivity index (χ3v) is 4.82. The molecule has 0 radical (unpaired) electrons. The van der Waals surface area contributed by atoms with Gasteiger partial charge in [-0.2, -0.15) is 4.98 Å². The number of aliphatic hydroxyl groups is 1. The lowest BCUT2D eigenvalue weighted by atomic mass is 9.84. The molecule has 0 bridgehead atoms. The topological polar surface area (TPSA) is 76.5 Å². The van der Waals surface area contributed by atoms with Crippen LogP contribution < -0.4 is 10.1 Å².